The van der Waals surface area contributed by atoms with Crippen molar-refractivity contribution in [2.75, 3.05) is 13.1 Å². The molecule has 0 heterocycles. The average Bonchev–Trinajstić information content (AvgIpc) is 2.38. The van der Waals surface area contributed by atoms with Gasteiger partial charge in [0.25, 0.3) is 0 Å². The summed E-state index contributed by atoms with van der Waals surface area (Å²) in [5.74, 6) is 0. The van der Waals surface area contributed by atoms with Crippen LogP contribution < -0.4 is 0 Å². The van der Waals surface area contributed by atoms with Crippen molar-refractivity contribution in [3.05, 3.63) is 0 Å². The molecule has 0 amide bonds. The van der Waals surface area contributed by atoms with Crippen molar-refractivity contribution in [2.45, 2.75) is 90.9 Å². The zero-order valence-corrected chi connectivity index (χ0v) is 12.8. The van der Waals surface area contributed by atoms with E-state index in [-0.39, 0.29) is 0 Å². The highest BCUT2D eigenvalue weighted by Gasteiger charge is 2.00. The fraction of sp³-hybridized carbons (Fsp3) is 1.00. The van der Waals surface area contributed by atoms with E-state index >= 15 is 0 Å². The van der Waals surface area contributed by atoms with Crippen LogP contribution in [0.25, 0.3) is 0 Å². The Morgan fingerprint density at radius 2 is 0.889 bits per heavy atom. The van der Waals surface area contributed by atoms with Gasteiger partial charge in [-0.3, -0.25) is 0 Å². The molecule has 0 aromatic carbocycles. The monoisotopic (exact) mass is 257 g/mol. The van der Waals surface area contributed by atoms with Crippen molar-refractivity contribution in [1.29, 1.82) is 0 Å². The minimum Gasteiger partial charge on any atom is -0.314 e. The molecule has 0 aliphatic heterocycles. The predicted octanol–water partition coefficient (Wildman–Crippen LogP) is 5.40. The number of rotatable bonds is 14. The zero-order chi connectivity index (χ0) is 13.5. The Bertz CT molecular complexity index is 134. The molecule has 0 bridgehead atoms. The van der Waals surface area contributed by atoms with Gasteiger partial charge in [0.15, 0.2) is 0 Å². The third kappa shape index (κ3) is 14.0. The highest BCUT2D eigenvalue weighted by atomic mass is 16.5. The lowest BCUT2D eigenvalue weighted by atomic mass is 10.1. The molecule has 110 valence electrons. The lowest BCUT2D eigenvalue weighted by Gasteiger charge is -2.14. The third-order valence-electron chi connectivity index (χ3n) is 3.54. The Balaban J connectivity index is 3.10. The SMILES string of the molecule is CCCCCCCCN(O)CCCCCCCC. The molecule has 0 saturated heterocycles. The lowest BCUT2D eigenvalue weighted by Crippen LogP contribution is -2.21. The van der Waals surface area contributed by atoms with Crippen LogP contribution in [0.2, 0.25) is 0 Å². The van der Waals surface area contributed by atoms with Crippen LogP contribution in [0, 0.1) is 0 Å². The van der Waals surface area contributed by atoms with Crippen molar-refractivity contribution in [1.82, 2.24) is 5.06 Å². The van der Waals surface area contributed by atoms with Crippen LogP contribution in [0.4, 0.5) is 0 Å². The maximum atomic E-state index is 9.69. The van der Waals surface area contributed by atoms with E-state index < -0.39 is 0 Å². The molecule has 0 aliphatic carbocycles. The van der Waals surface area contributed by atoms with E-state index in [0.717, 1.165) is 25.9 Å². The maximum Gasteiger partial charge on any atom is 0.0238 e. The predicted molar refractivity (Wildman–Crippen MR) is 80.1 cm³/mol. The summed E-state index contributed by atoms with van der Waals surface area (Å²) in [7, 11) is 0. The molecule has 0 rings (SSSR count). The first-order valence-electron chi connectivity index (χ1n) is 8.25. The summed E-state index contributed by atoms with van der Waals surface area (Å²) in [4.78, 5) is 0. The van der Waals surface area contributed by atoms with Crippen molar-refractivity contribution < 1.29 is 5.21 Å². The first-order chi connectivity index (χ1) is 8.81. The molecular weight excluding hydrogens is 222 g/mol. The van der Waals surface area contributed by atoms with Crippen molar-refractivity contribution in [3.63, 3.8) is 0 Å². The number of unbranched alkanes of at least 4 members (excludes halogenated alkanes) is 10. The van der Waals surface area contributed by atoms with Crippen LogP contribution in [-0.2, 0) is 0 Å². The van der Waals surface area contributed by atoms with E-state index in [9.17, 15) is 5.21 Å². The van der Waals surface area contributed by atoms with Gasteiger partial charge in [0.1, 0.15) is 0 Å². The number of hydroxylamine groups is 2. The van der Waals surface area contributed by atoms with E-state index in [0.29, 0.717) is 0 Å². The minimum atomic E-state index is 0.862. The van der Waals surface area contributed by atoms with Crippen LogP contribution in [-0.4, -0.2) is 23.4 Å². The Kier molecular flexibility index (Phi) is 14.9. The lowest BCUT2D eigenvalue weighted by molar-refractivity contribution is -0.0925. The smallest absolute Gasteiger partial charge is 0.0238 e. The summed E-state index contributed by atoms with van der Waals surface area (Å²) in [6.07, 6.45) is 15.6. The van der Waals surface area contributed by atoms with Crippen LogP contribution >= 0.6 is 0 Å². The van der Waals surface area contributed by atoms with Gasteiger partial charge in [-0.25, -0.2) is 0 Å². The largest absolute Gasteiger partial charge is 0.314 e. The summed E-state index contributed by atoms with van der Waals surface area (Å²) in [5.41, 5.74) is 0. The highest BCUT2D eigenvalue weighted by molar-refractivity contribution is 4.50. The fourth-order valence-corrected chi connectivity index (χ4v) is 2.26. The molecule has 18 heavy (non-hydrogen) atoms. The second kappa shape index (κ2) is 15.0. The van der Waals surface area contributed by atoms with Gasteiger partial charge in [-0.05, 0) is 12.8 Å². The average molecular weight is 257 g/mol. The van der Waals surface area contributed by atoms with Gasteiger partial charge in [0.2, 0.25) is 0 Å². The quantitative estimate of drug-likeness (QED) is 0.333. The third-order valence-corrected chi connectivity index (χ3v) is 3.54. The molecule has 0 aromatic heterocycles. The van der Waals surface area contributed by atoms with Crippen molar-refractivity contribution >= 4 is 0 Å². The Morgan fingerprint density at radius 3 is 1.28 bits per heavy atom. The Hall–Kier alpha value is -0.0800. The standard InChI is InChI=1S/C16H35NO/c1-3-5-7-9-11-13-15-17(18)16-14-12-10-8-6-4-2/h18H,3-16H2,1-2H3. The van der Waals surface area contributed by atoms with Gasteiger partial charge in [-0.1, -0.05) is 78.1 Å². The highest BCUT2D eigenvalue weighted by Crippen LogP contribution is 2.07. The Labute approximate surface area is 115 Å². The van der Waals surface area contributed by atoms with Gasteiger partial charge in [0, 0.05) is 13.1 Å². The van der Waals surface area contributed by atoms with Gasteiger partial charge < -0.3 is 5.21 Å². The minimum absolute atomic E-state index is 0.862. The molecule has 0 spiro atoms. The summed E-state index contributed by atoms with van der Waals surface area (Å²) >= 11 is 0. The van der Waals surface area contributed by atoms with E-state index in [1.54, 1.807) is 0 Å². The number of nitrogens with zero attached hydrogens (tertiary/aromatic N) is 1. The molecular formula is C16H35NO. The summed E-state index contributed by atoms with van der Waals surface area (Å²) in [6, 6.07) is 0. The topological polar surface area (TPSA) is 23.5 Å². The van der Waals surface area contributed by atoms with E-state index in [1.807, 2.05) is 0 Å². The van der Waals surface area contributed by atoms with E-state index in [1.165, 1.54) is 69.3 Å². The molecule has 2 heteroatoms. The van der Waals surface area contributed by atoms with E-state index in [4.69, 9.17) is 0 Å². The molecule has 2 nitrogen and oxygen atoms in total. The molecule has 0 unspecified atom stereocenters. The number of hydrogen-bond donors (Lipinski definition) is 1. The van der Waals surface area contributed by atoms with Crippen LogP contribution in [0.15, 0.2) is 0 Å². The molecule has 0 saturated carbocycles. The molecule has 0 aliphatic rings. The van der Waals surface area contributed by atoms with Gasteiger partial charge in [0.05, 0.1) is 0 Å². The fourth-order valence-electron chi connectivity index (χ4n) is 2.26. The first kappa shape index (κ1) is 17.9. The van der Waals surface area contributed by atoms with Gasteiger partial charge in [-0.2, -0.15) is 5.06 Å². The maximum absolute atomic E-state index is 9.69. The second-order valence-corrected chi connectivity index (χ2v) is 5.49. The second-order valence-electron chi connectivity index (χ2n) is 5.49. The molecule has 0 aromatic rings. The summed E-state index contributed by atoms with van der Waals surface area (Å²) < 4.78 is 0. The molecule has 0 atom stereocenters. The first-order valence-corrected chi connectivity index (χ1v) is 8.25. The van der Waals surface area contributed by atoms with Crippen molar-refractivity contribution in [2.24, 2.45) is 0 Å². The van der Waals surface area contributed by atoms with Crippen LogP contribution in [0.3, 0.4) is 0 Å². The zero-order valence-electron chi connectivity index (χ0n) is 12.8. The van der Waals surface area contributed by atoms with E-state index in [2.05, 4.69) is 13.8 Å². The van der Waals surface area contributed by atoms with Crippen LogP contribution in [0.1, 0.15) is 90.9 Å². The molecule has 0 radical (unpaired) electrons. The van der Waals surface area contributed by atoms with Crippen LogP contribution in [0.5, 0.6) is 0 Å². The summed E-state index contributed by atoms with van der Waals surface area (Å²) in [5, 5.41) is 11.2. The molecule has 0 fully saturated rings. The van der Waals surface area contributed by atoms with Crippen molar-refractivity contribution in [3.8, 4) is 0 Å². The van der Waals surface area contributed by atoms with Gasteiger partial charge in [-0.15, -0.1) is 0 Å². The number of hydrogen-bond acceptors (Lipinski definition) is 2. The Morgan fingerprint density at radius 1 is 0.556 bits per heavy atom. The van der Waals surface area contributed by atoms with Gasteiger partial charge >= 0.3 is 0 Å². The summed E-state index contributed by atoms with van der Waals surface area (Å²) in [6.45, 7) is 6.22. The normalized spacial score (nSPS) is 11.3. The molecule has 1 N–H and O–H groups in total.